The molecule has 4 nitrogen and oxygen atoms in total. The van der Waals surface area contributed by atoms with Gasteiger partial charge in [-0.05, 0) is 62.4 Å². The van der Waals surface area contributed by atoms with E-state index >= 15 is 0 Å². The first-order valence-electron chi connectivity index (χ1n) is 9.26. The Balaban J connectivity index is 1.47. The molecule has 4 heteroatoms. The molecule has 0 N–H and O–H groups in total. The molecule has 1 aromatic carbocycles. The van der Waals surface area contributed by atoms with Crippen molar-refractivity contribution in [3.63, 3.8) is 0 Å². The summed E-state index contributed by atoms with van der Waals surface area (Å²) in [5.74, 6) is 0. The van der Waals surface area contributed by atoms with Crippen molar-refractivity contribution in [1.82, 2.24) is 14.7 Å². The molecule has 24 heavy (non-hydrogen) atoms. The second kappa shape index (κ2) is 5.71. The second-order valence-corrected chi connectivity index (χ2v) is 7.59. The number of rotatable bonds is 2. The first kappa shape index (κ1) is 14.7. The Kier molecular flexibility index (Phi) is 3.49. The van der Waals surface area contributed by atoms with Crippen LogP contribution in [0.4, 0.5) is 0 Å². The molecule has 5 rings (SSSR count). The zero-order valence-electron chi connectivity index (χ0n) is 14.3. The van der Waals surface area contributed by atoms with Crippen LogP contribution in [-0.2, 0) is 4.74 Å². The summed E-state index contributed by atoms with van der Waals surface area (Å²) in [5.41, 5.74) is 4.03. The van der Waals surface area contributed by atoms with E-state index in [-0.39, 0.29) is 0 Å². The molecule has 0 aliphatic carbocycles. The Morgan fingerprint density at radius 3 is 2.71 bits per heavy atom. The predicted molar refractivity (Wildman–Crippen MR) is 96.0 cm³/mol. The SMILES string of the molecule is CN1C2CCC1CC(n1ncc3cc(C4=CCOCC4)ccc31)C2. The van der Waals surface area contributed by atoms with Gasteiger partial charge in [0.25, 0.3) is 0 Å². The minimum Gasteiger partial charge on any atom is -0.377 e. The van der Waals surface area contributed by atoms with E-state index < -0.39 is 0 Å². The van der Waals surface area contributed by atoms with Gasteiger partial charge in [0.15, 0.2) is 0 Å². The fourth-order valence-electron chi connectivity index (χ4n) is 4.92. The topological polar surface area (TPSA) is 30.3 Å². The van der Waals surface area contributed by atoms with E-state index in [0.29, 0.717) is 6.04 Å². The summed E-state index contributed by atoms with van der Waals surface area (Å²) < 4.78 is 7.73. The fourth-order valence-corrected chi connectivity index (χ4v) is 4.92. The molecule has 3 aliphatic rings. The lowest BCUT2D eigenvalue weighted by Crippen LogP contribution is -2.40. The average molecular weight is 323 g/mol. The molecule has 2 fully saturated rings. The highest BCUT2D eigenvalue weighted by atomic mass is 16.5. The molecule has 0 saturated carbocycles. The van der Waals surface area contributed by atoms with Gasteiger partial charge >= 0.3 is 0 Å². The Hall–Kier alpha value is -1.65. The summed E-state index contributed by atoms with van der Waals surface area (Å²) in [5, 5.41) is 6.05. The lowest BCUT2D eigenvalue weighted by atomic mass is 9.97. The molecule has 2 aromatic rings. The summed E-state index contributed by atoms with van der Waals surface area (Å²) in [6.45, 7) is 1.58. The first-order chi connectivity index (χ1) is 11.8. The van der Waals surface area contributed by atoms with Crippen molar-refractivity contribution in [2.75, 3.05) is 20.3 Å². The minimum atomic E-state index is 0.560. The molecule has 1 aromatic heterocycles. The van der Waals surface area contributed by atoms with E-state index in [0.717, 1.165) is 31.7 Å². The number of benzene rings is 1. The van der Waals surface area contributed by atoms with Gasteiger partial charge < -0.3 is 9.64 Å². The van der Waals surface area contributed by atoms with Crippen molar-refractivity contribution in [2.45, 2.75) is 50.2 Å². The van der Waals surface area contributed by atoms with Crippen LogP contribution in [0.15, 0.2) is 30.5 Å². The van der Waals surface area contributed by atoms with Crippen molar-refractivity contribution in [1.29, 1.82) is 0 Å². The van der Waals surface area contributed by atoms with E-state index in [4.69, 9.17) is 9.84 Å². The molecule has 4 heterocycles. The number of hydrogen-bond donors (Lipinski definition) is 0. The highest BCUT2D eigenvalue weighted by molar-refractivity contribution is 5.83. The molecule has 0 spiro atoms. The number of piperidine rings is 1. The van der Waals surface area contributed by atoms with Gasteiger partial charge in [-0.3, -0.25) is 4.68 Å². The van der Waals surface area contributed by atoms with E-state index in [2.05, 4.69) is 47.1 Å². The molecule has 0 radical (unpaired) electrons. The van der Waals surface area contributed by atoms with Crippen LogP contribution in [0.5, 0.6) is 0 Å². The van der Waals surface area contributed by atoms with Gasteiger partial charge in [-0.25, -0.2) is 0 Å². The van der Waals surface area contributed by atoms with Crippen molar-refractivity contribution in [2.24, 2.45) is 0 Å². The van der Waals surface area contributed by atoms with E-state index in [1.54, 1.807) is 0 Å². The minimum absolute atomic E-state index is 0.560. The monoisotopic (exact) mass is 323 g/mol. The van der Waals surface area contributed by atoms with Crippen LogP contribution in [0.1, 0.15) is 43.7 Å². The molecule has 0 amide bonds. The van der Waals surface area contributed by atoms with Crippen LogP contribution in [0, 0.1) is 0 Å². The number of fused-ring (bicyclic) bond motifs is 3. The van der Waals surface area contributed by atoms with Gasteiger partial charge in [0, 0.05) is 17.5 Å². The summed E-state index contributed by atoms with van der Waals surface area (Å²) in [4.78, 5) is 2.60. The molecular weight excluding hydrogens is 298 g/mol. The third-order valence-electron chi connectivity index (χ3n) is 6.35. The second-order valence-electron chi connectivity index (χ2n) is 7.59. The van der Waals surface area contributed by atoms with Crippen LogP contribution in [-0.4, -0.2) is 47.0 Å². The molecule has 2 atom stereocenters. The van der Waals surface area contributed by atoms with Crippen LogP contribution < -0.4 is 0 Å². The van der Waals surface area contributed by atoms with E-state index in [1.807, 2.05) is 0 Å². The van der Waals surface area contributed by atoms with E-state index in [9.17, 15) is 0 Å². The smallest absolute Gasteiger partial charge is 0.0686 e. The standard InChI is InChI=1S/C20H25N3O/c1-22-17-3-4-18(22)12-19(11-17)23-20-5-2-15(10-16(20)13-21-23)14-6-8-24-9-7-14/h2,5-6,10,13,17-19H,3-4,7-9,11-12H2,1H3. The zero-order valence-corrected chi connectivity index (χ0v) is 14.3. The molecule has 2 unspecified atom stereocenters. The molecule has 2 saturated heterocycles. The number of aromatic nitrogens is 2. The van der Waals surface area contributed by atoms with Crippen molar-refractivity contribution in [3.05, 3.63) is 36.0 Å². The van der Waals surface area contributed by atoms with Crippen LogP contribution in [0.3, 0.4) is 0 Å². The normalized spacial score (nSPS) is 30.7. The quantitative estimate of drug-likeness (QED) is 0.845. The van der Waals surface area contributed by atoms with Crippen LogP contribution >= 0.6 is 0 Å². The molecule has 126 valence electrons. The van der Waals surface area contributed by atoms with Gasteiger partial charge in [-0.2, -0.15) is 5.10 Å². The maximum atomic E-state index is 5.43. The lowest BCUT2D eigenvalue weighted by Gasteiger charge is -2.36. The Morgan fingerprint density at radius 1 is 1.12 bits per heavy atom. The Labute approximate surface area is 143 Å². The van der Waals surface area contributed by atoms with Gasteiger partial charge in [0.05, 0.1) is 31.0 Å². The van der Waals surface area contributed by atoms with Crippen molar-refractivity contribution < 1.29 is 4.74 Å². The van der Waals surface area contributed by atoms with Crippen LogP contribution in [0.2, 0.25) is 0 Å². The highest BCUT2D eigenvalue weighted by Crippen LogP contribution is 2.40. The van der Waals surface area contributed by atoms with Crippen LogP contribution in [0.25, 0.3) is 16.5 Å². The van der Waals surface area contributed by atoms with Gasteiger partial charge in [0.1, 0.15) is 0 Å². The molecular formula is C20H25N3O. The van der Waals surface area contributed by atoms with Gasteiger partial charge in [-0.1, -0.05) is 12.1 Å². The summed E-state index contributed by atoms with van der Waals surface area (Å²) in [6.07, 6.45) is 10.5. The summed E-state index contributed by atoms with van der Waals surface area (Å²) in [7, 11) is 2.30. The highest BCUT2D eigenvalue weighted by Gasteiger charge is 2.39. The lowest BCUT2D eigenvalue weighted by molar-refractivity contribution is 0.133. The average Bonchev–Trinajstić information content (AvgIpc) is 3.11. The Morgan fingerprint density at radius 2 is 1.96 bits per heavy atom. The van der Waals surface area contributed by atoms with Gasteiger partial charge in [-0.15, -0.1) is 0 Å². The fraction of sp³-hybridized carbons (Fsp3) is 0.550. The number of hydrogen-bond acceptors (Lipinski definition) is 3. The first-order valence-corrected chi connectivity index (χ1v) is 9.26. The third kappa shape index (κ3) is 2.32. The van der Waals surface area contributed by atoms with Gasteiger partial charge in [0.2, 0.25) is 0 Å². The van der Waals surface area contributed by atoms with Crippen molar-refractivity contribution in [3.8, 4) is 0 Å². The maximum absolute atomic E-state index is 5.43. The maximum Gasteiger partial charge on any atom is 0.0686 e. The number of nitrogens with zero attached hydrogens (tertiary/aromatic N) is 3. The Bertz CT molecular complexity index is 779. The summed E-state index contributed by atoms with van der Waals surface area (Å²) in [6, 6.07) is 8.90. The zero-order chi connectivity index (χ0) is 16.1. The largest absolute Gasteiger partial charge is 0.377 e. The number of ether oxygens (including phenoxy) is 1. The molecule has 3 aliphatic heterocycles. The predicted octanol–water partition coefficient (Wildman–Crippen LogP) is 3.64. The van der Waals surface area contributed by atoms with Crippen molar-refractivity contribution >= 4 is 16.5 Å². The molecule has 2 bridgehead atoms. The van der Waals surface area contributed by atoms with E-state index in [1.165, 1.54) is 47.7 Å². The summed E-state index contributed by atoms with van der Waals surface area (Å²) >= 11 is 0. The third-order valence-corrected chi connectivity index (χ3v) is 6.35.